The van der Waals surface area contributed by atoms with Crippen LogP contribution in [0.5, 0.6) is 0 Å². The van der Waals surface area contributed by atoms with Crippen LogP contribution in [-0.2, 0) is 12.5 Å². The Bertz CT molecular complexity index is 1770. The lowest BCUT2D eigenvalue weighted by atomic mass is 9.78. The van der Waals surface area contributed by atoms with Crippen LogP contribution in [0.4, 0.5) is 11.4 Å². The van der Waals surface area contributed by atoms with E-state index in [1.165, 1.54) is 49.6 Å². The van der Waals surface area contributed by atoms with Gasteiger partial charge in [-0.05, 0) is 83.1 Å². The SMILES string of the molecule is Cn1c2ccccc2c2cc(-c3ccc(N(Cl)c4ccc5c(c4)C(C)(C)C4=C5C=CCC4)cc3)ccc21. The van der Waals surface area contributed by atoms with Gasteiger partial charge in [-0.2, -0.15) is 0 Å². The molecule has 2 aliphatic rings. The fraction of sp³-hybridized carbons (Fsp3) is 0.176. The molecular formula is C34H29ClN2. The molecule has 1 aromatic heterocycles. The van der Waals surface area contributed by atoms with Gasteiger partial charge in [-0.15, -0.1) is 0 Å². The Labute approximate surface area is 223 Å². The van der Waals surface area contributed by atoms with Gasteiger partial charge in [0.05, 0.1) is 11.4 Å². The molecule has 0 unspecified atom stereocenters. The maximum Gasteiger partial charge on any atom is 0.0584 e. The number of hydrogen-bond donors (Lipinski definition) is 0. The van der Waals surface area contributed by atoms with Crippen LogP contribution in [-0.4, -0.2) is 4.57 Å². The summed E-state index contributed by atoms with van der Waals surface area (Å²) in [5.41, 5.74) is 12.6. The third kappa shape index (κ3) is 3.32. The summed E-state index contributed by atoms with van der Waals surface area (Å²) in [5.74, 6) is 0. The fourth-order valence-electron chi connectivity index (χ4n) is 6.42. The average Bonchev–Trinajstić information content (AvgIpc) is 3.36. The third-order valence-electron chi connectivity index (χ3n) is 8.46. The number of para-hydroxylation sites is 1. The first-order chi connectivity index (χ1) is 17.9. The van der Waals surface area contributed by atoms with E-state index in [2.05, 4.69) is 123 Å². The summed E-state index contributed by atoms with van der Waals surface area (Å²) in [5, 5.41) is 2.57. The van der Waals surface area contributed by atoms with Crippen LogP contribution in [0.1, 0.15) is 37.8 Å². The van der Waals surface area contributed by atoms with E-state index in [1.54, 1.807) is 9.99 Å². The molecule has 182 valence electrons. The van der Waals surface area contributed by atoms with Gasteiger partial charge in [0.1, 0.15) is 0 Å². The molecule has 0 saturated heterocycles. The first-order valence-corrected chi connectivity index (χ1v) is 13.4. The number of fused-ring (bicyclic) bond motifs is 5. The van der Waals surface area contributed by atoms with E-state index in [1.807, 2.05) is 0 Å². The lowest BCUT2D eigenvalue weighted by Gasteiger charge is -2.26. The maximum absolute atomic E-state index is 6.93. The van der Waals surface area contributed by atoms with Crippen molar-refractivity contribution in [2.24, 2.45) is 7.05 Å². The minimum absolute atomic E-state index is 0.0350. The summed E-state index contributed by atoms with van der Waals surface area (Å²) in [6.07, 6.45) is 6.87. The molecule has 0 spiro atoms. The second kappa shape index (κ2) is 8.13. The fourth-order valence-corrected chi connectivity index (χ4v) is 6.63. The summed E-state index contributed by atoms with van der Waals surface area (Å²) in [7, 11) is 2.14. The van der Waals surface area contributed by atoms with Crippen LogP contribution < -0.4 is 4.42 Å². The largest absolute Gasteiger partial charge is 0.344 e. The number of benzene rings is 4. The quantitative estimate of drug-likeness (QED) is 0.224. The summed E-state index contributed by atoms with van der Waals surface area (Å²) >= 11 is 6.93. The maximum atomic E-state index is 6.93. The zero-order valence-electron chi connectivity index (χ0n) is 21.4. The molecule has 5 aromatic rings. The summed E-state index contributed by atoms with van der Waals surface area (Å²) in [4.78, 5) is 0. The van der Waals surface area contributed by atoms with Gasteiger partial charge >= 0.3 is 0 Å². The Morgan fingerprint density at radius 3 is 2.35 bits per heavy atom. The summed E-state index contributed by atoms with van der Waals surface area (Å²) < 4.78 is 4.05. The molecule has 4 aromatic carbocycles. The van der Waals surface area contributed by atoms with E-state index < -0.39 is 0 Å². The molecule has 0 fully saturated rings. The van der Waals surface area contributed by atoms with Gasteiger partial charge in [0.2, 0.25) is 0 Å². The van der Waals surface area contributed by atoms with Crippen LogP contribution in [0.15, 0.2) is 103 Å². The van der Waals surface area contributed by atoms with Crippen LogP contribution in [0, 0.1) is 0 Å². The predicted octanol–water partition coefficient (Wildman–Crippen LogP) is 9.69. The Kier molecular flexibility index (Phi) is 4.93. The smallest absolute Gasteiger partial charge is 0.0584 e. The minimum atomic E-state index is 0.0350. The molecule has 37 heavy (non-hydrogen) atoms. The number of aryl methyl sites for hydroxylation is 1. The van der Waals surface area contributed by atoms with Gasteiger partial charge in [-0.3, -0.25) is 4.42 Å². The highest BCUT2D eigenvalue weighted by atomic mass is 35.5. The monoisotopic (exact) mass is 500 g/mol. The van der Waals surface area contributed by atoms with E-state index in [0.29, 0.717) is 0 Å². The Morgan fingerprint density at radius 2 is 1.51 bits per heavy atom. The predicted molar refractivity (Wildman–Crippen MR) is 159 cm³/mol. The molecule has 2 nitrogen and oxygen atoms in total. The van der Waals surface area contributed by atoms with Crippen LogP contribution >= 0.6 is 11.8 Å². The van der Waals surface area contributed by atoms with Gasteiger partial charge in [0, 0.05) is 46.0 Å². The Morgan fingerprint density at radius 1 is 0.784 bits per heavy atom. The topological polar surface area (TPSA) is 8.17 Å². The molecule has 0 atom stereocenters. The first kappa shape index (κ1) is 22.4. The standard InChI is InChI=1S/C34H29ClN2/c1-34(2)30-10-6-4-8-26(30)27-18-17-25(21-31(27)34)37(35)24-15-12-22(13-16-24)23-14-19-33-29(20-23)28-9-5-7-11-32(28)36(33)3/h4-5,7-9,11-21H,6,10H2,1-3H3. The van der Waals surface area contributed by atoms with Crippen molar-refractivity contribution in [1.82, 2.24) is 4.57 Å². The third-order valence-corrected chi connectivity index (χ3v) is 8.85. The van der Waals surface area contributed by atoms with Crippen molar-refractivity contribution in [2.45, 2.75) is 32.1 Å². The molecule has 0 amide bonds. The van der Waals surface area contributed by atoms with Crippen molar-refractivity contribution < 1.29 is 0 Å². The van der Waals surface area contributed by atoms with Gasteiger partial charge in [-0.1, -0.05) is 74.0 Å². The van der Waals surface area contributed by atoms with E-state index in [4.69, 9.17) is 11.8 Å². The molecule has 0 N–H and O–H groups in total. The second-order valence-electron chi connectivity index (χ2n) is 10.8. The Hall–Kier alpha value is -3.75. The van der Waals surface area contributed by atoms with Crippen molar-refractivity contribution in [3.05, 3.63) is 114 Å². The van der Waals surface area contributed by atoms with E-state index in [-0.39, 0.29) is 5.41 Å². The Balaban J connectivity index is 1.21. The lowest BCUT2D eigenvalue weighted by Crippen LogP contribution is -2.18. The number of nitrogens with zero attached hydrogens (tertiary/aromatic N) is 2. The van der Waals surface area contributed by atoms with Crippen LogP contribution in [0.3, 0.4) is 0 Å². The summed E-state index contributed by atoms with van der Waals surface area (Å²) in [6, 6.07) is 30.5. The summed E-state index contributed by atoms with van der Waals surface area (Å²) in [6.45, 7) is 4.69. The number of anilines is 2. The first-order valence-electron chi connectivity index (χ1n) is 13.0. The van der Waals surface area contributed by atoms with E-state index in [0.717, 1.165) is 24.2 Å². The number of allylic oxidation sites excluding steroid dienone is 4. The minimum Gasteiger partial charge on any atom is -0.344 e. The van der Waals surface area contributed by atoms with Crippen LogP contribution in [0.2, 0.25) is 0 Å². The number of aromatic nitrogens is 1. The molecule has 0 radical (unpaired) electrons. The molecule has 3 heteroatoms. The second-order valence-corrected chi connectivity index (χ2v) is 11.2. The van der Waals surface area contributed by atoms with Crippen molar-refractivity contribution in [2.75, 3.05) is 4.42 Å². The van der Waals surface area contributed by atoms with E-state index >= 15 is 0 Å². The van der Waals surface area contributed by atoms with Gasteiger partial charge in [0.15, 0.2) is 0 Å². The van der Waals surface area contributed by atoms with E-state index in [9.17, 15) is 0 Å². The van der Waals surface area contributed by atoms with Gasteiger partial charge in [-0.25, -0.2) is 0 Å². The van der Waals surface area contributed by atoms with Gasteiger partial charge < -0.3 is 4.57 Å². The van der Waals surface area contributed by atoms with Gasteiger partial charge in [0.25, 0.3) is 0 Å². The molecular weight excluding hydrogens is 472 g/mol. The van der Waals surface area contributed by atoms with Crippen molar-refractivity contribution in [3.63, 3.8) is 0 Å². The molecule has 1 heterocycles. The zero-order valence-corrected chi connectivity index (χ0v) is 22.2. The molecule has 0 bridgehead atoms. The van der Waals surface area contributed by atoms with Crippen LogP contribution in [0.25, 0.3) is 38.5 Å². The normalized spacial score (nSPS) is 15.9. The van der Waals surface area contributed by atoms with Crippen molar-refractivity contribution in [1.29, 1.82) is 0 Å². The molecule has 0 saturated carbocycles. The zero-order chi connectivity index (χ0) is 25.3. The number of hydrogen-bond acceptors (Lipinski definition) is 1. The number of rotatable bonds is 3. The lowest BCUT2D eigenvalue weighted by molar-refractivity contribution is 0.607. The number of halogens is 1. The highest BCUT2D eigenvalue weighted by molar-refractivity contribution is 6.29. The average molecular weight is 501 g/mol. The molecule has 2 aliphatic carbocycles. The molecule has 7 rings (SSSR count). The molecule has 0 aliphatic heterocycles. The highest BCUT2D eigenvalue weighted by Crippen LogP contribution is 2.51. The van der Waals surface area contributed by atoms with Crippen molar-refractivity contribution >= 4 is 50.5 Å². The highest BCUT2D eigenvalue weighted by Gasteiger charge is 2.37. The van der Waals surface area contributed by atoms with Crippen molar-refractivity contribution in [3.8, 4) is 11.1 Å².